The van der Waals surface area contributed by atoms with Crippen LogP contribution in [0, 0.1) is 0 Å². The quantitative estimate of drug-likeness (QED) is 0.836. The van der Waals surface area contributed by atoms with Crippen LogP contribution in [0.2, 0.25) is 0 Å². The van der Waals surface area contributed by atoms with Crippen LogP contribution in [0.3, 0.4) is 0 Å². The highest BCUT2D eigenvalue weighted by atomic mass is 16.5. The number of nitrogens with zero attached hydrogens (tertiary/aromatic N) is 4. The second-order valence-corrected chi connectivity index (χ2v) is 4.76. The molecule has 8 heteroatoms. The van der Waals surface area contributed by atoms with Gasteiger partial charge in [-0.25, -0.2) is 4.68 Å². The zero-order chi connectivity index (χ0) is 14.8. The molecule has 2 aromatic rings. The fourth-order valence-electron chi connectivity index (χ4n) is 2.42. The third kappa shape index (κ3) is 2.38. The lowest BCUT2D eigenvalue weighted by Crippen LogP contribution is -2.12. The van der Waals surface area contributed by atoms with Gasteiger partial charge in [-0.05, 0) is 22.9 Å². The molecule has 1 fully saturated rings. The van der Waals surface area contributed by atoms with Crippen LogP contribution in [0.5, 0.6) is 11.5 Å². The maximum atomic E-state index is 6.10. The zero-order valence-corrected chi connectivity index (χ0v) is 11.9. The molecule has 1 aliphatic rings. The van der Waals surface area contributed by atoms with Crippen LogP contribution in [-0.2, 0) is 4.74 Å². The van der Waals surface area contributed by atoms with Gasteiger partial charge >= 0.3 is 0 Å². The summed E-state index contributed by atoms with van der Waals surface area (Å²) in [6.45, 7) is 1.32. The number of hydrogen-bond acceptors (Lipinski definition) is 7. The molecule has 21 heavy (non-hydrogen) atoms. The van der Waals surface area contributed by atoms with Crippen molar-refractivity contribution in [3.8, 4) is 22.9 Å². The summed E-state index contributed by atoms with van der Waals surface area (Å²) in [5.41, 5.74) is 7.35. The highest BCUT2D eigenvalue weighted by Crippen LogP contribution is 2.37. The van der Waals surface area contributed by atoms with Crippen LogP contribution in [0.15, 0.2) is 12.1 Å². The van der Waals surface area contributed by atoms with E-state index in [1.165, 1.54) is 0 Å². The molecule has 1 aliphatic heterocycles. The molecular weight excluding hydrogens is 274 g/mol. The summed E-state index contributed by atoms with van der Waals surface area (Å²) in [5.74, 6) is 1.75. The van der Waals surface area contributed by atoms with Gasteiger partial charge in [0, 0.05) is 23.9 Å². The minimum absolute atomic E-state index is 0.127. The molecule has 1 aromatic carbocycles. The smallest absolute Gasteiger partial charge is 0.184 e. The first-order chi connectivity index (χ1) is 10.2. The predicted octanol–water partition coefficient (Wildman–Crippen LogP) is 0.901. The molecule has 1 atom stereocenters. The van der Waals surface area contributed by atoms with Crippen LogP contribution < -0.4 is 15.2 Å². The molecule has 3 rings (SSSR count). The van der Waals surface area contributed by atoms with E-state index in [0.29, 0.717) is 41.8 Å². The van der Waals surface area contributed by atoms with Gasteiger partial charge in [-0.2, -0.15) is 0 Å². The third-order valence-corrected chi connectivity index (χ3v) is 3.54. The third-order valence-electron chi connectivity index (χ3n) is 3.54. The molecule has 0 radical (unpaired) electrons. The number of nitrogens with two attached hydrogens (primary N) is 1. The van der Waals surface area contributed by atoms with E-state index in [9.17, 15) is 0 Å². The first kappa shape index (κ1) is 13.6. The Morgan fingerprint density at radius 3 is 2.71 bits per heavy atom. The standard InChI is InChI=1S/C13H17N5O3/c1-19-11-5-9(10(14)6-12(11)20-2)13-15-16-17-18(13)8-3-4-21-7-8/h5-6,8H,3-4,7,14H2,1-2H3. The molecule has 2 heterocycles. The lowest BCUT2D eigenvalue weighted by atomic mass is 10.1. The number of tetrazole rings is 1. The molecule has 1 unspecified atom stereocenters. The largest absolute Gasteiger partial charge is 0.493 e. The summed E-state index contributed by atoms with van der Waals surface area (Å²) in [6, 6.07) is 3.62. The Balaban J connectivity index is 2.06. The van der Waals surface area contributed by atoms with Crippen molar-refractivity contribution in [1.82, 2.24) is 20.2 Å². The average molecular weight is 291 g/mol. The van der Waals surface area contributed by atoms with Crippen LogP contribution in [0.25, 0.3) is 11.4 Å². The topological polar surface area (TPSA) is 97.3 Å². The van der Waals surface area contributed by atoms with Gasteiger partial charge in [0.15, 0.2) is 17.3 Å². The van der Waals surface area contributed by atoms with Gasteiger partial charge in [0.1, 0.15) is 0 Å². The minimum atomic E-state index is 0.127. The van der Waals surface area contributed by atoms with Gasteiger partial charge in [0.05, 0.1) is 26.9 Å². The number of ether oxygens (including phenoxy) is 3. The van der Waals surface area contributed by atoms with E-state index < -0.39 is 0 Å². The molecule has 112 valence electrons. The zero-order valence-electron chi connectivity index (χ0n) is 11.9. The van der Waals surface area contributed by atoms with E-state index >= 15 is 0 Å². The number of aromatic nitrogens is 4. The molecule has 1 aromatic heterocycles. The number of benzene rings is 1. The van der Waals surface area contributed by atoms with Crippen molar-refractivity contribution in [2.24, 2.45) is 0 Å². The van der Waals surface area contributed by atoms with E-state index in [2.05, 4.69) is 15.5 Å². The van der Waals surface area contributed by atoms with Gasteiger partial charge < -0.3 is 19.9 Å². The molecule has 1 saturated heterocycles. The molecule has 2 N–H and O–H groups in total. The average Bonchev–Trinajstić information content (AvgIpc) is 3.17. The highest BCUT2D eigenvalue weighted by molar-refractivity contribution is 5.75. The molecule has 0 saturated carbocycles. The molecule has 8 nitrogen and oxygen atoms in total. The molecule has 0 bridgehead atoms. The van der Waals surface area contributed by atoms with Gasteiger partial charge in [-0.3, -0.25) is 0 Å². The van der Waals surface area contributed by atoms with E-state index in [1.54, 1.807) is 31.0 Å². The van der Waals surface area contributed by atoms with E-state index in [4.69, 9.17) is 19.9 Å². The number of methoxy groups -OCH3 is 2. The van der Waals surface area contributed by atoms with Gasteiger partial charge in [0.25, 0.3) is 0 Å². The maximum Gasteiger partial charge on any atom is 0.184 e. The van der Waals surface area contributed by atoms with E-state index in [-0.39, 0.29) is 6.04 Å². The van der Waals surface area contributed by atoms with Crippen LogP contribution in [-0.4, -0.2) is 47.6 Å². The van der Waals surface area contributed by atoms with Crippen LogP contribution >= 0.6 is 0 Å². The minimum Gasteiger partial charge on any atom is -0.493 e. The summed E-state index contributed by atoms with van der Waals surface area (Å²) in [4.78, 5) is 0. The van der Waals surface area contributed by atoms with Gasteiger partial charge in [-0.1, -0.05) is 0 Å². The summed E-state index contributed by atoms with van der Waals surface area (Å²) >= 11 is 0. The Bertz CT molecular complexity index is 637. The first-order valence-corrected chi connectivity index (χ1v) is 6.62. The van der Waals surface area contributed by atoms with Crippen molar-refractivity contribution in [3.05, 3.63) is 12.1 Å². The Kier molecular flexibility index (Phi) is 3.61. The fourth-order valence-corrected chi connectivity index (χ4v) is 2.42. The normalized spacial score (nSPS) is 17.9. The summed E-state index contributed by atoms with van der Waals surface area (Å²) in [6.07, 6.45) is 0.880. The molecule has 0 aliphatic carbocycles. The van der Waals surface area contributed by atoms with Crippen molar-refractivity contribution in [3.63, 3.8) is 0 Å². The van der Waals surface area contributed by atoms with E-state index in [1.807, 2.05) is 0 Å². The Morgan fingerprint density at radius 1 is 1.29 bits per heavy atom. The lowest BCUT2D eigenvalue weighted by Gasteiger charge is -2.14. The summed E-state index contributed by atoms with van der Waals surface area (Å²) < 4.78 is 17.7. The molecule has 0 spiro atoms. The van der Waals surface area contributed by atoms with E-state index in [0.717, 1.165) is 6.42 Å². The SMILES string of the molecule is COc1cc(N)c(-c2nnnn2C2CCOC2)cc1OC. The number of rotatable bonds is 4. The van der Waals surface area contributed by atoms with Crippen LogP contribution in [0.1, 0.15) is 12.5 Å². The van der Waals surface area contributed by atoms with Crippen molar-refractivity contribution in [1.29, 1.82) is 0 Å². The monoisotopic (exact) mass is 291 g/mol. The Hall–Kier alpha value is -2.35. The molecule has 0 amide bonds. The first-order valence-electron chi connectivity index (χ1n) is 6.62. The Morgan fingerprint density at radius 2 is 2.05 bits per heavy atom. The summed E-state index contributed by atoms with van der Waals surface area (Å²) in [7, 11) is 3.14. The predicted molar refractivity (Wildman–Crippen MR) is 75.2 cm³/mol. The van der Waals surface area contributed by atoms with Gasteiger partial charge in [0.2, 0.25) is 0 Å². The Labute approximate surface area is 121 Å². The number of nitrogen functional groups attached to an aromatic ring is 1. The fraction of sp³-hybridized carbons (Fsp3) is 0.462. The van der Waals surface area contributed by atoms with Crippen LogP contribution in [0.4, 0.5) is 5.69 Å². The summed E-state index contributed by atoms with van der Waals surface area (Å²) in [5, 5.41) is 11.9. The maximum absolute atomic E-state index is 6.10. The number of anilines is 1. The second kappa shape index (κ2) is 5.57. The highest BCUT2D eigenvalue weighted by Gasteiger charge is 2.24. The van der Waals surface area contributed by atoms with Crippen molar-refractivity contribution in [2.45, 2.75) is 12.5 Å². The molecular formula is C13H17N5O3. The number of hydrogen-bond donors (Lipinski definition) is 1. The van der Waals surface area contributed by atoms with Crippen molar-refractivity contribution < 1.29 is 14.2 Å². The van der Waals surface area contributed by atoms with Crippen molar-refractivity contribution in [2.75, 3.05) is 33.2 Å². The van der Waals surface area contributed by atoms with Gasteiger partial charge in [-0.15, -0.1) is 5.10 Å². The lowest BCUT2D eigenvalue weighted by molar-refractivity contribution is 0.184. The second-order valence-electron chi connectivity index (χ2n) is 4.76. The van der Waals surface area contributed by atoms with Crippen molar-refractivity contribution >= 4 is 5.69 Å².